The lowest BCUT2D eigenvalue weighted by molar-refractivity contribution is -0.0556. The molecule has 3 saturated carbocycles. The van der Waals surface area contributed by atoms with Crippen LogP contribution in [0, 0.1) is 53.3 Å². The van der Waals surface area contributed by atoms with Crippen molar-refractivity contribution in [2.24, 2.45) is 46.3 Å². The summed E-state index contributed by atoms with van der Waals surface area (Å²) in [4.78, 5) is 0.273. The molecule has 0 amide bonds. The molecule has 0 saturated heterocycles. The molecule has 0 aliphatic heterocycles. The molecule has 0 heterocycles. The highest BCUT2D eigenvalue weighted by atomic mass is 32.2. The molecular formula is C34H52O3S. The summed E-state index contributed by atoms with van der Waals surface area (Å²) >= 11 is 0. The van der Waals surface area contributed by atoms with Crippen LogP contribution < -0.4 is 0 Å². The van der Waals surface area contributed by atoms with Gasteiger partial charge in [0.1, 0.15) is 0 Å². The van der Waals surface area contributed by atoms with Crippen molar-refractivity contribution in [1.82, 2.24) is 0 Å². The van der Waals surface area contributed by atoms with Crippen LogP contribution in [0.15, 0.2) is 40.8 Å². The number of hydrogen-bond donors (Lipinski definition) is 0. The molecule has 3 fully saturated rings. The zero-order valence-electron chi connectivity index (χ0n) is 24.8. The summed E-state index contributed by atoms with van der Waals surface area (Å²) in [7, 11) is -3.73. The van der Waals surface area contributed by atoms with Crippen LogP contribution in [0.4, 0.5) is 0 Å². The molecule has 1 unspecified atom stereocenters. The average molecular weight is 541 g/mol. The van der Waals surface area contributed by atoms with Crippen LogP contribution in [0.3, 0.4) is 0 Å². The zero-order chi connectivity index (χ0) is 27.3. The SMILES string of the molecule is Cc1ccc(S(=O)(=O)O[C@H]2CC[C@@]3(C)C(=CC[C@H]4[C@@H]5CC[C@H](C(C)CCCC(C)C)[C@@]5(C)CC[C@@H]43)C2)cc1. The van der Waals surface area contributed by atoms with Crippen molar-refractivity contribution in [2.45, 2.75) is 123 Å². The molecule has 8 atom stereocenters. The highest BCUT2D eigenvalue weighted by Gasteiger charge is 2.59. The molecule has 4 aliphatic rings. The van der Waals surface area contributed by atoms with Crippen LogP contribution in [0.25, 0.3) is 0 Å². The van der Waals surface area contributed by atoms with Crippen molar-refractivity contribution in [3.05, 3.63) is 41.5 Å². The average Bonchev–Trinajstić information content (AvgIpc) is 3.21. The van der Waals surface area contributed by atoms with Crippen LogP contribution in [0.1, 0.15) is 111 Å². The maximum atomic E-state index is 13.0. The third-order valence-electron chi connectivity index (χ3n) is 11.8. The molecule has 0 radical (unpaired) electrons. The molecule has 1 aromatic rings. The standard InChI is InChI=1S/C34H52O3S/c1-23(2)8-7-9-25(4)30-16-17-31-29-15-12-26-22-27(37-38(35,36)28-13-10-24(3)11-14-28)18-20-33(26,5)32(29)19-21-34(30,31)6/h10-14,23,25,27,29-32H,7-9,15-22H2,1-6H3/t25?,27-,29-,30+,31-,32-,33-,34+/m0/s1. The molecule has 3 nitrogen and oxygen atoms in total. The van der Waals surface area contributed by atoms with E-state index in [4.69, 9.17) is 4.18 Å². The Morgan fingerprint density at radius 2 is 1.68 bits per heavy atom. The van der Waals surface area contributed by atoms with E-state index in [2.05, 4.69) is 40.7 Å². The lowest BCUT2D eigenvalue weighted by Gasteiger charge is -2.58. The predicted molar refractivity (Wildman–Crippen MR) is 156 cm³/mol. The summed E-state index contributed by atoms with van der Waals surface area (Å²) in [6.45, 7) is 14.4. The first-order chi connectivity index (χ1) is 17.9. The lowest BCUT2D eigenvalue weighted by atomic mass is 9.47. The van der Waals surface area contributed by atoms with E-state index in [1.807, 2.05) is 19.1 Å². The predicted octanol–water partition coefficient (Wildman–Crippen LogP) is 9.11. The Morgan fingerprint density at radius 3 is 2.39 bits per heavy atom. The van der Waals surface area contributed by atoms with Crippen molar-refractivity contribution < 1.29 is 12.6 Å². The van der Waals surface area contributed by atoms with Crippen LogP contribution >= 0.6 is 0 Å². The fourth-order valence-electron chi connectivity index (χ4n) is 9.67. The molecule has 5 rings (SSSR count). The Balaban J connectivity index is 1.27. The molecule has 0 aromatic heterocycles. The first-order valence-corrected chi connectivity index (χ1v) is 17.0. The second-order valence-corrected chi connectivity index (χ2v) is 16.1. The molecular weight excluding hydrogens is 488 g/mol. The molecule has 38 heavy (non-hydrogen) atoms. The Labute approximate surface area is 233 Å². The van der Waals surface area contributed by atoms with Crippen LogP contribution in [0.2, 0.25) is 0 Å². The van der Waals surface area contributed by atoms with Crippen LogP contribution in [0.5, 0.6) is 0 Å². The topological polar surface area (TPSA) is 43.4 Å². The third-order valence-corrected chi connectivity index (χ3v) is 13.2. The van der Waals surface area contributed by atoms with Crippen molar-refractivity contribution in [3.63, 3.8) is 0 Å². The molecule has 0 bridgehead atoms. The van der Waals surface area contributed by atoms with Gasteiger partial charge in [0.2, 0.25) is 0 Å². The van der Waals surface area contributed by atoms with Gasteiger partial charge in [0.25, 0.3) is 10.1 Å². The van der Waals surface area contributed by atoms with Gasteiger partial charge in [-0.25, -0.2) is 0 Å². The summed E-state index contributed by atoms with van der Waals surface area (Å²) in [5.74, 6) is 4.93. The number of benzene rings is 1. The highest BCUT2D eigenvalue weighted by molar-refractivity contribution is 7.86. The first kappa shape index (κ1) is 28.4. The summed E-state index contributed by atoms with van der Waals surface area (Å²) in [5.41, 5.74) is 3.24. The Bertz CT molecular complexity index is 1120. The Hall–Kier alpha value is -1.13. The minimum atomic E-state index is -3.73. The van der Waals surface area contributed by atoms with E-state index in [9.17, 15) is 8.42 Å². The van der Waals surface area contributed by atoms with E-state index in [0.29, 0.717) is 5.41 Å². The zero-order valence-corrected chi connectivity index (χ0v) is 25.7. The van der Waals surface area contributed by atoms with Crippen molar-refractivity contribution in [1.29, 1.82) is 0 Å². The van der Waals surface area contributed by atoms with Gasteiger partial charge < -0.3 is 0 Å². The van der Waals surface area contributed by atoms with E-state index in [1.165, 1.54) is 56.9 Å². The second-order valence-electron chi connectivity index (χ2n) is 14.5. The molecule has 1 aromatic carbocycles. The van der Waals surface area contributed by atoms with E-state index in [1.54, 1.807) is 12.1 Å². The van der Waals surface area contributed by atoms with Gasteiger partial charge in [0.05, 0.1) is 11.0 Å². The molecule has 0 N–H and O–H groups in total. The van der Waals surface area contributed by atoms with Crippen LogP contribution in [-0.2, 0) is 14.3 Å². The third kappa shape index (κ3) is 5.18. The maximum absolute atomic E-state index is 13.0. The van der Waals surface area contributed by atoms with Gasteiger partial charge in [0, 0.05) is 0 Å². The molecule has 212 valence electrons. The van der Waals surface area contributed by atoms with Gasteiger partial charge in [-0.3, -0.25) is 4.18 Å². The molecule has 0 spiro atoms. The van der Waals surface area contributed by atoms with Crippen molar-refractivity contribution >= 4 is 10.1 Å². The number of rotatable bonds is 8. The monoisotopic (exact) mass is 540 g/mol. The first-order valence-electron chi connectivity index (χ1n) is 15.6. The Kier molecular flexibility index (Phi) is 7.99. The van der Waals surface area contributed by atoms with E-state index < -0.39 is 10.1 Å². The van der Waals surface area contributed by atoms with Gasteiger partial charge in [0.15, 0.2) is 0 Å². The van der Waals surface area contributed by atoms with E-state index >= 15 is 0 Å². The number of allylic oxidation sites excluding steroid dienone is 1. The van der Waals surface area contributed by atoms with Gasteiger partial charge in [-0.1, -0.05) is 83.2 Å². The van der Waals surface area contributed by atoms with Crippen molar-refractivity contribution in [3.8, 4) is 0 Å². The minimum absolute atomic E-state index is 0.207. The highest BCUT2D eigenvalue weighted by Crippen LogP contribution is 2.67. The Morgan fingerprint density at radius 1 is 0.947 bits per heavy atom. The summed E-state index contributed by atoms with van der Waals surface area (Å²) < 4.78 is 31.8. The number of hydrogen-bond acceptors (Lipinski definition) is 3. The normalized spacial score (nSPS) is 37.8. The largest absolute Gasteiger partial charge is 0.297 e. The van der Waals surface area contributed by atoms with Gasteiger partial charge >= 0.3 is 0 Å². The fourth-order valence-corrected chi connectivity index (χ4v) is 10.8. The van der Waals surface area contributed by atoms with Crippen molar-refractivity contribution in [2.75, 3.05) is 0 Å². The quantitative estimate of drug-likeness (QED) is 0.244. The van der Waals surface area contributed by atoms with Gasteiger partial charge in [-0.15, -0.1) is 0 Å². The molecule has 4 aliphatic carbocycles. The fraction of sp³-hybridized carbons (Fsp3) is 0.765. The smallest absolute Gasteiger partial charge is 0.263 e. The van der Waals surface area contributed by atoms with Crippen LogP contribution in [-0.4, -0.2) is 14.5 Å². The summed E-state index contributed by atoms with van der Waals surface area (Å²) in [5, 5.41) is 0. The lowest BCUT2D eigenvalue weighted by Crippen LogP contribution is -2.51. The maximum Gasteiger partial charge on any atom is 0.297 e. The number of aryl methyl sites for hydroxylation is 1. The minimum Gasteiger partial charge on any atom is -0.263 e. The van der Waals surface area contributed by atoms with Gasteiger partial charge in [-0.05, 0) is 117 Å². The second kappa shape index (κ2) is 10.7. The summed E-state index contributed by atoms with van der Waals surface area (Å²) in [6, 6.07) is 7.02. The summed E-state index contributed by atoms with van der Waals surface area (Å²) in [6.07, 6.45) is 15.8. The van der Waals surface area contributed by atoms with E-state index in [-0.39, 0.29) is 16.4 Å². The molecule has 4 heteroatoms. The van der Waals surface area contributed by atoms with Gasteiger partial charge in [-0.2, -0.15) is 8.42 Å². The van der Waals surface area contributed by atoms with E-state index in [0.717, 1.165) is 60.3 Å². The number of fused-ring (bicyclic) bond motifs is 5.